The minimum absolute atomic E-state index is 0.138. The zero-order valence-electron chi connectivity index (χ0n) is 21.1. The zero-order valence-corrected chi connectivity index (χ0v) is 21.1. The Balaban J connectivity index is 1.71. The Hall–Kier alpha value is -3.62. The van der Waals surface area contributed by atoms with Gasteiger partial charge in [0.05, 0.1) is 6.54 Å². The van der Waals surface area contributed by atoms with Crippen LogP contribution in [0.25, 0.3) is 22.5 Å². The number of nitrogens with zero attached hydrogens (tertiary/aromatic N) is 5. The number of tetrazole rings is 1. The first-order chi connectivity index (χ1) is 17.3. The lowest BCUT2D eigenvalue weighted by molar-refractivity contribution is 0.136. The third-order valence-electron chi connectivity index (χ3n) is 6.65. The molecule has 4 rings (SSSR count). The standard InChI is InChI=1S/C27H32F2N6O/c1-5-18(4)35-24(25(28)29)23(15-10-17(2)3)34(27(35)36)16-19-11-13-20(14-12-19)21-8-6-7-9-22(21)26-30-32-33-31-26/h6-9,11-14,17-18,25H,5,10,15-16H2,1-4H3,(H,30,31,32,33). The summed E-state index contributed by atoms with van der Waals surface area (Å²) in [7, 11) is 0. The van der Waals surface area contributed by atoms with Crippen LogP contribution in [-0.4, -0.2) is 29.8 Å². The summed E-state index contributed by atoms with van der Waals surface area (Å²) in [5.41, 5.74) is 3.59. The molecule has 2 heterocycles. The summed E-state index contributed by atoms with van der Waals surface area (Å²) in [5.74, 6) is 0.909. The van der Waals surface area contributed by atoms with E-state index in [0.717, 1.165) is 28.7 Å². The number of alkyl halides is 2. The van der Waals surface area contributed by atoms with Crippen molar-refractivity contribution in [1.82, 2.24) is 29.8 Å². The number of aromatic amines is 1. The Kier molecular flexibility index (Phi) is 7.76. The molecule has 0 amide bonds. The number of hydrogen-bond donors (Lipinski definition) is 1. The molecule has 0 bridgehead atoms. The normalized spacial score (nSPS) is 12.6. The van der Waals surface area contributed by atoms with Gasteiger partial charge in [0, 0.05) is 17.3 Å². The van der Waals surface area contributed by atoms with Crippen LogP contribution in [0.5, 0.6) is 0 Å². The van der Waals surface area contributed by atoms with E-state index in [9.17, 15) is 13.6 Å². The first kappa shape index (κ1) is 25.5. The smallest absolute Gasteiger partial charge is 0.291 e. The maximum absolute atomic E-state index is 14.2. The largest absolute Gasteiger partial charge is 0.329 e. The van der Waals surface area contributed by atoms with Crippen molar-refractivity contribution in [3.8, 4) is 22.5 Å². The molecule has 1 atom stereocenters. The molecular formula is C27H32F2N6O. The zero-order chi connectivity index (χ0) is 25.8. The van der Waals surface area contributed by atoms with E-state index in [-0.39, 0.29) is 24.0 Å². The van der Waals surface area contributed by atoms with Gasteiger partial charge < -0.3 is 0 Å². The summed E-state index contributed by atoms with van der Waals surface area (Å²) in [6.45, 7) is 8.08. The number of imidazole rings is 1. The number of H-pyrrole nitrogens is 1. The maximum Gasteiger partial charge on any atom is 0.329 e. The molecule has 0 aliphatic rings. The highest BCUT2D eigenvalue weighted by molar-refractivity contribution is 5.80. The summed E-state index contributed by atoms with van der Waals surface area (Å²) in [6.07, 6.45) is -0.940. The summed E-state index contributed by atoms with van der Waals surface area (Å²) in [5, 5.41) is 14.2. The molecular weight excluding hydrogens is 462 g/mol. The fraction of sp³-hybridized carbons (Fsp3) is 0.407. The van der Waals surface area contributed by atoms with Gasteiger partial charge in [0.15, 0.2) is 5.82 Å². The molecule has 9 heteroatoms. The average molecular weight is 495 g/mol. The summed E-state index contributed by atoms with van der Waals surface area (Å²) in [6, 6.07) is 15.3. The van der Waals surface area contributed by atoms with Crippen LogP contribution in [0.4, 0.5) is 8.78 Å². The monoisotopic (exact) mass is 494 g/mol. The molecule has 0 aliphatic carbocycles. The van der Waals surface area contributed by atoms with E-state index in [1.54, 1.807) is 4.57 Å². The lowest BCUT2D eigenvalue weighted by Crippen LogP contribution is -2.28. The highest BCUT2D eigenvalue weighted by Gasteiger charge is 2.28. The number of aromatic nitrogens is 6. The van der Waals surface area contributed by atoms with Crippen molar-refractivity contribution in [3.63, 3.8) is 0 Å². The topological polar surface area (TPSA) is 81.4 Å². The van der Waals surface area contributed by atoms with Crippen LogP contribution >= 0.6 is 0 Å². The molecule has 7 nitrogen and oxygen atoms in total. The van der Waals surface area contributed by atoms with Gasteiger partial charge in [0.2, 0.25) is 0 Å². The molecule has 0 spiro atoms. The van der Waals surface area contributed by atoms with E-state index >= 15 is 0 Å². The Labute approximate surface area is 209 Å². The van der Waals surface area contributed by atoms with Gasteiger partial charge in [-0.05, 0) is 59.2 Å². The van der Waals surface area contributed by atoms with Crippen LogP contribution in [0.15, 0.2) is 53.3 Å². The van der Waals surface area contributed by atoms with Crippen LogP contribution in [0, 0.1) is 5.92 Å². The summed E-state index contributed by atoms with van der Waals surface area (Å²) in [4.78, 5) is 13.4. The molecule has 2 aromatic carbocycles. The Bertz CT molecular complexity index is 1340. The van der Waals surface area contributed by atoms with Crippen molar-refractivity contribution in [2.45, 2.75) is 66.0 Å². The lowest BCUT2D eigenvalue weighted by Gasteiger charge is -2.14. The fourth-order valence-corrected chi connectivity index (χ4v) is 4.50. The van der Waals surface area contributed by atoms with E-state index in [0.29, 0.717) is 30.3 Å². The highest BCUT2D eigenvalue weighted by Crippen LogP contribution is 2.31. The Morgan fingerprint density at radius 2 is 1.69 bits per heavy atom. The maximum atomic E-state index is 14.2. The molecule has 2 aromatic heterocycles. The Morgan fingerprint density at radius 3 is 2.28 bits per heavy atom. The molecule has 4 aromatic rings. The second-order valence-electron chi connectivity index (χ2n) is 9.55. The van der Waals surface area contributed by atoms with Gasteiger partial charge in [0.1, 0.15) is 5.69 Å². The molecule has 0 aliphatic heterocycles. The number of benzene rings is 2. The first-order valence-electron chi connectivity index (χ1n) is 12.4. The molecule has 0 fully saturated rings. The van der Waals surface area contributed by atoms with Gasteiger partial charge in [-0.1, -0.05) is 69.3 Å². The van der Waals surface area contributed by atoms with Crippen molar-refractivity contribution in [2.75, 3.05) is 0 Å². The van der Waals surface area contributed by atoms with E-state index < -0.39 is 6.43 Å². The van der Waals surface area contributed by atoms with Gasteiger partial charge in [-0.2, -0.15) is 0 Å². The van der Waals surface area contributed by atoms with Crippen molar-refractivity contribution in [1.29, 1.82) is 0 Å². The number of hydrogen-bond acceptors (Lipinski definition) is 4. The summed E-state index contributed by atoms with van der Waals surface area (Å²) < 4.78 is 31.3. The number of halogens is 2. The minimum Gasteiger partial charge on any atom is -0.291 e. The summed E-state index contributed by atoms with van der Waals surface area (Å²) >= 11 is 0. The predicted molar refractivity (Wildman–Crippen MR) is 136 cm³/mol. The van der Waals surface area contributed by atoms with Gasteiger partial charge in [0.25, 0.3) is 6.43 Å². The highest BCUT2D eigenvalue weighted by atomic mass is 19.3. The van der Waals surface area contributed by atoms with Gasteiger partial charge >= 0.3 is 5.69 Å². The van der Waals surface area contributed by atoms with Crippen molar-refractivity contribution >= 4 is 0 Å². The van der Waals surface area contributed by atoms with Crippen molar-refractivity contribution in [2.24, 2.45) is 5.92 Å². The van der Waals surface area contributed by atoms with Gasteiger partial charge in [-0.25, -0.2) is 18.7 Å². The van der Waals surface area contributed by atoms with E-state index in [2.05, 4.69) is 34.5 Å². The van der Waals surface area contributed by atoms with E-state index in [1.165, 1.54) is 4.57 Å². The minimum atomic E-state index is -2.71. The Morgan fingerprint density at radius 1 is 1.00 bits per heavy atom. The SMILES string of the molecule is CCC(C)n1c(C(F)F)c(CCC(C)C)n(Cc2ccc(-c3ccccc3-c3nnn[nH]3)cc2)c1=O. The first-order valence-corrected chi connectivity index (χ1v) is 12.4. The fourth-order valence-electron chi connectivity index (χ4n) is 4.50. The van der Waals surface area contributed by atoms with Crippen LogP contribution in [-0.2, 0) is 13.0 Å². The number of nitrogens with one attached hydrogen (secondary N) is 1. The molecule has 1 N–H and O–H groups in total. The van der Waals surface area contributed by atoms with Gasteiger partial charge in [-0.15, -0.1) is 5.10 Å². The molecule has 1 unspecified atom stereocenters. The third kappa shape index (κ3) is 5.15. The average Bonchev–Trinajstić information content (AvgIpc) is 3.50. The second kappa shape index (κ2) is 11.0. The predicted octanol–water partition coefficient (Wildman–Crippen LogP) is 6.04. The van der Waals surface area contributed by atoms with Crippen LogP contribution in [0.1, 0.15) is 70.0 Å². The van der Waals surface area contributed by atoms with E-state index in [4.69, 9.17) is 0 Å². The molecule has 0 saturated heterocycles. The van der Waals surface area contributed by atoms with Crippen LogP contribution in [0.2, 0.25) is 0 Å². The van der Waals surface area contributed by atoms with E-state index in [1.807, 2.05) is 62.4 Å². The van der Waals surface area contributed by atoms with Crippen molar-refractivity contribution < 1.29 is 8.78 Å². The second-order valence-corrected chi connectivity index (χ2v) is 9.55. The van der Waals surface area contributed by atoms with Gasteiger partial charge in [-0.3, -0.25) is 9.13 Å². The van der Waals surface area contributed by atoms with Crippen molar-refractivity contribution in [3.05, 3.63) is 76.0 Å². The molecule has 190 valence electrons. The van der Waals surface area contributed by atoms with Crippen LogP contribution < -0.4 is 5.69 Å². The quantitative estimate of drug-likeness (QED) is 0.291. The van der Waals surface area contributed by atoms with Crippen LogP contribution in [0.3, 0.4) is 0 Å². The number of rotatable bonds is 10. The third-order valence-corrected chi connectivity index (χ3v) is 6.65. The molecule has 0 saturated carbocycles. The lowest BCUT2D eigenvalue weighted by atomic mass is 9.98. The molecule has 0 radical (unpaired) electrons. The molecule has 36 heavy (non-hydrogen) atoms.